The van der Waals surface area contributed by atoms with E-state index in [0.717, 1.165) is 23.7 Å². The van der Waals surface area contributed by atoms with Gasteiger partial charge < -0.3 is 0 Å². The molecule has 2 bridgehead atoms. The third kappa shape index (κ3) is 2.08. The molecule has 2 heteroatoms. The van der Waals surface area contributed by atoms with Crippen LogP contribution in [0.4, 0.5) is 0 Å². The van der Waals surface area contributed by atoms with Gasteiger partial charge in [0.1, 0.15) is 0 Å². The Morgan fingerprint density at radius 3 is 2.25 bits per heavy atom. The zero-order valence-electron chi connectivity index (χ0n) is 9.88. The molecule has 0 aromatic rings. The molecule has 6 atom stereocenters. The Bertz CT molecular complexity index is 253. The van der Waals surface area contributed by atoms with Gasteiger partial charge in [0.05, 0.1) is 0 Å². The molecule has 3 fully saturated rings. The maximum atomic E-state index is 2.57. The topological polar surface area (TPSA) is 0 Å². The van der Waals surface area contributed by atoms with Gasteiger partial charge >= 0.3 is 0 Å². The van der Waals surface area contributed by atoms with Crippen molar-refractivity contribution in [3.05, 3.63) is 0 Å². The van der Waals surface area contributed by atoms with Gasteiger partial charge in [-0.15, -0.1) is 0 Å². The average Bonchev–Trinajstić information content (AvgIpc) is 2.88. The molecular weight excluding hydrogens is 422 g/mol. The van der Waals surface area contributed by atoms with Crippen LogP contribution >= 0.6 is 45.2 Å². The fourth-order valence-electron chi connectivity index (χ4n) is 5.19. The molecule has 3 aliphatic rings. The lowest BCUT2D eigenvalue weighted by atomic mass is 9.75. The lowest BCUT2D eigenvalue weighted by molar-refractivity contribution is 0.187. The second-order valence-corrected chi connectivity index (χ2v) is 8.43. The van der Waals surface area contributed by atoms with Crippen LogP contribution in [-0.2, 0) is 0 Å². The van der Waals surface area contributed by atoms with Gasteiger partial charge in [0.15, 0.2) is 0 Å². The maximum Gasteiger partial charge on any atom is -0.000199 e. The molecule has 16 heavy (non-hydrogen) atoms. The largest absolute Gasteiger partial charge is 0.0864 e. The second kappa shape index (κ2) is 5.22. The molecule has 3 aliphatic carbocycles. The highest BCUT2D eigenvalue weighted by Crippen LogP contribution is 2.63. The quantitative estimate of drug-likeness (QED) is 0.426. The van der Waals surface area contributed by atoms with E-state index in [2.05, 4.69) is 45.2 Å². The predicted molar refractivity (Wildman–Crippen MR) is 86.4 cm³/mol. The minimum Gasteiger partial charge on any atom is -0.0864 e. The van der Waals surface area contributed by atoms with Crippen LogP contribution in [0.3, 0.4) is 0 Å². The van der Waals surface area contributed by atoms with Crippen molar-refractivity contribution >= 4 is 45.2 Å². The summed E-state index contributed by atoms with van der Waals surface area (Å²) in [6.45, 7) is 0. The van der Waals surface area contributed by atoms with Crippen molar-refractivity contribution in [3.8, 4) is 0 Å². The highest BCUT2D eigenvalue weighted by molar-refractivity contribution is 14.1. The number of hydrogen-bond acceptors (Lipinski definition) is 0. The van der Waals surface area contributed by atoms with Gasteiger partial charge in [-0.1, -0.05) is 45.2 Å². The van der Waals surface area contributed by atoms with Crippen LogP contribution in [0.1, 0.15) is 38.5 Å². The van der Waals surface area contributed by atoms with E-state index in [1.165, 1.54) is 33.5 Å². The third-order valence-corrected chi connectivity index (χ3v) is 6.95. The van der Waals surface area contributed by atoms with Crippen molar-refractivity contribution in [1.82, 2.24) is 0 Å². The minimum absolute atomic E-state index is 1.11. The maximum absolute atomic E-state index is 2.57. The summed E-state index contributed by atoms with van der Waals surface area (Å²) >= 11 is 5.14. The first-order valence-electron chi connectivity index (χ1n) is 6.95. The SMILES string of the molecule is ICCC1CC2C3CC(CCI)C(C3)C2C1. The number of halogens is 2. The Balaban J connectivity index is 1.65. The number of fused-ring (bicyclic) bond motifs is 5. The van der Waals surface area contributed by atoms with E-state index in [9.17, 15) is 0 Å². The van der Waals surface area contributed by atoms with Crippen LogP contribution in [0.25, 0.3) is 0 Å². The molecule has 0 saturated heterocycles. The smallest absolute Gasteiger partial charge is 0.000199 e. The first kappa shape index (κ1) is 12.5. The molecule has 3 saturated carbocycles. The van der Waals surface area contributed by atoms with E-state index in [4.69, 9.17) is 0 Å². The summed E-state index contributed by atoms with van der Waals surface area (Å²) in [6.07, 6.45) is 9.45. The fourth-order valence-corrected chi connectivity index (χ4v) is 6.87. The van der Waals surface area contributed by atoms with Gasteiger partial charge in [-0.25, -0.2) is 0 Å². The first-order valence-corrected chi connectivity index (χ1v) is 10.0. The Morgan fingerprint density at radius 1 is 0.750 bits per heavy atom. The van der Waals surface area contributed by atoms with Crippen LogP contribution in [0, 0.1) is 35.5 Å². The van der Waals surface area contributed by atoms with Crippen LogP contribution < -0.4 is 0 Å². The summed E-state index contributed by atoms with van der Waals surface area (Å²) in [7, 11) is 0. The van der Waals surface area contributed by atoms with E-state index >= 15 is 0 Å². The number of rotatable bonds is 4. The van der Waals surface area contributed by atoms with Crippen molar-refractivity contribution in [2.24, 2.45) is 35.5 Å². The van der Waals surface area contributed by atoms with E-state index in [1.54, 1.807) is 25.7 Å². The summed E-state index contributed by atoms with van der Waals surface area (Å²) in [5.74, 6) is 6.88. The Hall–Kier alpha value is 1.46. The average molecular weight is 444 g/mol. The molecule has 3 rings (SSSR count). The Kier molecular flexibility index (Phi) is 4.07. The highest BCUT2D eigenvalue weighted by Gasteiger charge is 2.54. The summed E-state index contributed by atoms with van der Waals surface area (Å²) in [5, 5.41) is 0. The molecule has 0 spiro atoms. The lowest BCUT2D eigenvalue weighted by Gasteiger charge is -2.31. The molecule has 92 valence electrons. The number of alkyl halides is 2. The monoisotopic (exact) mass is 444 g/mol. The highest BCUT2D eigenvalue weighted by atomic mass is 127. The lowest BCUT2D eigenvalue weighted by Crippen LogP contribution is -2.24. The fraction of sp³-hybridized carbons (Fsp3) is 1.00. The zero-order valence-corrected chi connectivity index (χ0v) is 14.2. The Morgan fingerprint density at radius 2 is 1.50 bits per heavy atom. The predicted octanol–water partition coefficient (Wildman–Crippen LogP) is 4.94. The summed E-state index contributed by atoms with van der Waals surface area (Å²) < 4.78 is 2.77. The first-order chi connectivity index (χ1) is 7.83. The van der Waals surface area contributed by atoms with Crippen molar-refractivity contribution < 1.29 is 0 Å². The van der Waals surface area contributed by atoms with E-state index in [0.29, 0.717) is 0 Å². The third-order valence-electron chi connectivity index (χ3n) is 5.70. The van der Waals surface area contributed by atoms with Crippen LogP contribution in [0.15, 0.2) is 0 Å². The molecule has 0 nitrogen and oxygen atoms in total. The van der Waals surface area contributed by atoms with Gasteiger partial charge in [-0.3, -0.25) is 0 Å². The molecule has 0 amide bonds. The van der Waals surface area contributed by atoms with Crippen molar-refractivity contribution in [2.45, 2.75) is 38.5 Å². The standard InChI is InChI=1S/C14H22I2/c15-3-1-9-5-12-11-7-10(2-4-16)13(8-11)14(12)6-9/h9-14H,1-8H2. The van der Waals surface area contributed by atoms with Gasteiger partial charge in [0.2, 0.25) is 0 Å². The Labute approximate surface area is 127 Å². The number of hydrogen-bond donors (Lipinski definition) is 0. The summed E-state index contributed by atoms with van der Waals surface area (Å²) in [5.41, 5.74) is 0. The molecule has 0 N–H and O–H groups in total. The molecule has 0 heterocycles. The van der Waals surface area contributed by atoms with Crippen LogP contribution in [-0.4, -0.2) is 8.86 Å². The second-order valence-electron chi connectivity index (χ2n) is 6.28. The molecule has 0 radical (unpaired) electrons. The van der Waals surface area contributed by atoms with Gasteiger partial charge in [-0.05, 0) is 82.9 Å². The molecule has 0 aromatic heterocycles. The summed E-state index contributed by atoms with van der Waals surface area (Å²) in [6, 6.07) is 0. The minimum atomic E-state index is 1.11. The van der Waals surface area contributed by atoms with Crippen LogP contribution in [0.5, 0.6) is 0 Å². The van der Waals surface area contributed by atoms with Crippen molar-refractivity contribution in [1.29, 1.82) is 0 Å². The van der Waals surface area contributed by atoms with Crippen molar-refractivity contribution in [3.63, 3.8) is 0 Å². The van der Waals surface area contributed by atoms with Gasteiger partial charge in [0, 0.05) is 0 Å². The molecule has 0 aromatic carbocycles. The molecule has 0 aliphatic heterocycles. The van der Waals surface area contributed by atoms with Crippen molar-refractivity contribution in [2.75, 3.05) is 8.86 Å². The molecular formula is C14H22I2. The normalized spacial score (nSPS) is 49.9. The molecule has 6 unspecified atom stereocenters. The van der Waals surface area contributed by atoms with E-state index < -0.39 is 0 Å². The van der Waals surface area contributed by atoms with Gasteiger partial charge in [-0.2, -0.15) is 0 Å². The summed E-state index contributed by atoms with van der Waals surface area (Å²) in [4.78, 5) is 0. The zero-order chi connectivity index (χ0) is 11.1. The van der Waals surface area contributed by atoms with E-state index in [1.807, 2.05) is 0 Å². The van der Waals surface area contributed by atoms with Gasteiger partial charge in [0.25, 0.3) is 0 Å². The van der Waals surface area contributed by atoms with E-state index in [-0.39, 0.29) is 0 Å². The van der Waals surface area contributed by atoms with Crippen LogP contribution in [0.2, 0.25) is 0 Å².